The van der Waals surface area contributed by atoms with Crippen molar-refractivity contribution in [2.24, 2.45) is 0 Å². The number of hydrogen-bond acceptors (Lipinski definition) is 9. The molecule has 11 nitrogen and oxygen atoms in total. The van der Waals surface area contributed by atoms with Gasteiger partial charge in [0.05, 0.1) is 19.9 Å². The van der Waals surface area contributed by atoms with Gasteiger partial charge in [0.15, 0.2) is 23.3 Å². The van der Waals surface area contributed by atoms with E-state index in [1.54, 1.807) is 28.8 Å². The largest absolute Gasteiger partial charge is 0.497 e. The minimum Gasteiger partial charge on any atom is -0.497 e. The van der Waals surface area contributed by atoms with Crippen molar-refractivity contribution in [3.8, 4) is 22.7 Å². The first-order valence-electron chi connectivity index (χ1n) is 11.1. The molecule has 1 saturated heterocycles. The van der Waals surface area contributed by atoms with Crippen LogP contribution in [-0.4, -0.2) is 77.1 Å². The number of aromatic nitrogens is 6. The van der Waals surface area contributed by atoms with Crippen molar-refractivity contribution in [1.82, 2.24) is 29.8 Å². The molecule has 0 spiro atoms. The fraction of sp³-hybridized carbons (Fsp3) is 0.304. The van der Waals surface area contributed by atoms with Crippen LogP contribution in [0.5, 0.6) is 5.75 Å². The van der Waals surface area contributed by atoms with Crippen molar-refractivity contribution in [3.05, 3.63) is 72.2 Å². The van der Waals surface area contributed by atoms with Crippen LogP contribution in [0.25, 0.3) is 16.9 Å². The highest BCUT2D eigenvalue weighted by atomic mass is 19.2. The summed E-state index contributed by atoms with van der Waals surface area (Å²) in [6.07, 6.45) is -2.63. The molecule has 0 radical (unpaired) electrons. The number of methoxy groups -OCH3 is 1. The van der Waals surface area contributed by atoms with Crippen molar-refractivity contribution in [1.29, 1.82) is 0 Å². The molecule has 2 aromatic heterocycles. The maximum Gasteiger partial charge on any atom is 0.194 e. The second-order valence-electron chi connectivity index (χ2n) is 8.34. The monoisotopic (exact) mass is 518 g/mol. The van der Waals surface area contributed by atoms with Crippen molar-refractivity contribution in [2.45, 2.75) is 30.5 Å². The summed E-state index contributed by atoms with van der Waals surface area (Å²) >= 11 is 0. The van der Waals surface area contributed by atoms with Crippen LogP contribution in [0.15, 0.2) is 48.9 Å². The lowest BCUT2D eigenvalue weighted by Gasteiger charge is -2.41. The summed E-state index contributed by atoms with van der Waals surface area (Å²) in [5.74, 6) is -3.64. The Morgan fingerprint density at radius 3 is 2.38 bits per heavy atom. The first kappa shape index (κ1) is 24.8. The van der Waals surface area contributed by atoms with E-state index in [1.807, 2.05) is 0 Å². The lowest BCUT2D eigenvalue weighted by Crippen LogP contribution is -2.53. The Bertz CT molecular complexity index is 1370. The van der Waals surface area contributed by atoms with Gasteiger partial charge in [0.1, 0.15) is 48.2 Å². The van der Waals surface area contributed by atoms with E-state index in [4.69, 9.17) is 9.47 Å². The molecule has 0 bridgehead atoms. The van der Waals surface area contributed by atoms with Crippen molar-refractivity contribution in [2.75, 3.05) is 13.7 Å². The van der Waals surface area contributed by atoms with Crippen LogP contribution < -0.4 is 4.74 Å². The van der Waals surface area contributed by atoms with Crippen molar-refractivity contribution in [3.63, 3.8) is 0 Å². The number of aliphatic hydroxyl groups is 3. The molecule has 0 saturated carbocycles. The van der Waals surface area contributed by atoms with Gasteiger partial charge in [-0.25, -0.2) is 17.9 Å². The summed E-state index contributed by atoms with van der Waals surface area (Å²) in [6, 6.07) is 7.20. The molecular weight excluding hydrogens is 497 g/mol. The van der Waals surface area contributed by atoms with Gasteiger partial charge in [-0.05, 0) is 36.4 Å². The predicted molar refractivity (Wildman–Crippen MR) is 119 cm³/mol. The Morgan fingerprint density at radius 2 is 1.73 bits per heavy atom. The molecule has 3 heterocycles. The van der Waals surface area contributed by atoms with Gasteiger partial charge in [-0.2, -0.15) is 0 Å². The SMILES string of the molecule is COc1ccc(-n2cnnc2[C@@H]2O[C@H](CO)[C@H](O)[C@H](n3cc(-c4cc(F)c(F)c(F)c4)nn3)[C@H]2O)cc1. The molecule has 0 amide bonds. The molecule has 4 aromatic rings. The molecule has 5 atom stereocenters. The zero-order valence-corrected chi connectivity index (χ0v) is 19.2. The third-order valence-corrected chi connectivity index (χ3v) is 6.17. The second kappa shape index (κ2) is 9.89. The Kier molecular flexibility index (Phi) is 6.64. The summed E-state index contributed by atoms with van der Waals surface area (Å²) in [4.78, 5) is 0. The smallest absolute Gasteiger partial charge is 0.194 e. The van der Waals surface area contributed by atoms with Gasteiger partial charge < -0.3 is 24.8 Å². The third-order valence-electron chi connectivity index (χ3n) is 6.17. The average molecular weight is 518 g/mol. The maximum absolute atomic E-state index is 13.7. The number of rotatable bonds is 6. The van der Waals surface area contributed by atoms with Gasteiger partial charge in [0, 0.05) is 11.3 Å². The number of benzene rings is 2. The Labute approximate surface area is 207 Å². The molecule has 1 aliphatic heterocycles. The average Bonchev–Trinajstić information content (AvgIpc) is 3.58. The van der Waals surface area contributed by atoms with Gasteiger partial charge in [-0.1, -0.05) is 5.21 Å². The predicted octanol–water partition coefficient (Wildman–Crippen LogP) is 1.35. The van der Waals surface area contributed by atoms with E-state index >= 15 is 0 Å². The van der Waals surface area contributed by atoms with E-state index in [0.717, 1.165) is 16.8 Å². The molecule has 2 aromatic carbocycles. The zero-order chi connectivity index (χ0) is 26.3. The first-order chi connectivity index (χ1) is 17.8. The fourth-order valence-corrected chi connectivity index (χ4v) is 4.27. The molecule has 1 fully saturated rings. The highest BCUT2D eigenvalue weighted by Crippen LogP contribution is 2.38. The summed E-state index contributed by atoms with van der Waals surface area (Å²) in [5.41, 5.74) is 0.485. The number of aliphatic hydroxyl groups excluding tert-OH is 3. The van der Waals surface area contributed by atoms with Crippen LogP contribution in [0.2, 0.25) is 0 Å². The fourth-order valence-electron chi connectivity index (χ4n) is 4.27. The van der Waals surface area contributed by atoms with Gasteiger partial charge in [0.25, 0.3) is 0 Å². The van der Waals surface area contributed by atoms with E-state index < -0.39 is 54.5 Å². The van der Waals surface area contributed by atoms with Gasteiger partial charge in [0.2, 0.25) is 0 Å². The third kappa shape index (κ3) is 4.44. The van der Waals surface area contributed by atoms with Gasteiger partial charge >= 0.3 is 0 Å². The highest BCUT2D eigenvalue weighted by Gasteiger charge is 2.48. The molecule has 0 aliphatic carbocycles. The quantitative estimate of drug-likeness (QED) is 0.323. The molecule has 37 heavy (non-hydrogen) atoms. The van der Waals surface area contributed by atoms with Crippen LogP contribution in [0.1, 0.15) is 18.0 Å². The van der Waals surface area contributed by atoms with Crippen LogP contribution in [0.3, 0.4) is 0 Å². The standard InChI is InChI=1S/C23H21F3N6O5/c1-36-13-4-2-12(3-5-13)31-10-27-29-23(31)22-21(35)19(20(34)17(9-33)37-22)32-8-16(28-30-32)11-6-14(24)18(26)15(25)7-11/h2-8,10,17,19-22,33-35H,9H2,1H3/t17-,19+,20+,21-,22-/m1/s1. The molecule has 14 heteroatoms. The van der Waals surface area contributed by atoms with E-state index in [-0.39, 0.29) is 17.1 Å². The minimum atomic E-state index is -1.62. The van der Waals surface area contributed by atoms with Crippen LogP contribution in [-0.2, 0) is 4.74 Å². The normalized spacial score (nSPS) is 23.8. The second-order valence-corrected chi connectivity index (χ2v) is 8.34. The minimum absolute atomic E-state index is 0.0396. The first-order valence-corrected chi connectivity index (χ1v) is 11.1. The van der Waals surface area contributed by atoms with Gasteiger partial charge in [-0.3, -0.25) is 4.57 Å². The number of halogens is 3. The lowest BCUT2D eigenvalue weighted by atomic mass is 9.92. The van der Waals surface area contributed by atoms with Crippen molar-refractivity contribution >= 4 is 0 Å². The topological polar surface area (TPSA) is 141 Å². The molecule has 3 N–H and O–H groups in total. The summed E-state index contributed by atoms with van der Waals surface area (Å²) in [6.45, 7) is -0.604. The number of nitrogens with zero attached hydrogens (tertiary/aromatic N) is 6. The highest BCUT2D eigenvalue weighted by molar-refractivity contribution is 5.58. The Hall–Kier alpha value is -3.85. The molecular formula is C23H21F3N6O5. The summed E-state index contributed by atoms with van der Waals surface area (Å²) in [5, 5.41) is 47.7. The van der Waals surface area contributed by atoms with Gasteiger partial charge in [-0.15, -0.1) is 15.3 Å². The number of ether oxygens (including phenoxy) is 2. The summed E-state index contributed by atoms with van der Waals surface area (Å²) in [7, 11) is 1.53. The lowest BCUT2D eigenvalue weighted by molar-refractivity contribution is -0.210. The molecule has 5 rings (SSSR count). The maximum atomic E-state index is 13.7. The zero-order valence-electron chi connectivity index (χ0n) is 19.2. The molecule has 194 valence electrons. The van der Waals surface area contributed by atoms with Crippen LogP contribution >= 0.6 is 0 Å². The molecule has 0 unspecified atom stereocenters. The van der Waals surface area contributed by atoms with Crippen LogP contribution in [0, 0.1) is 17.5 Å². The van der Waals surface area contributed by atoms with E-state index in [2.05, 4.69) is 20.5 Å². The van der Waals surface area contributed by atoms with E-state index in [0.29, 0.717) is 11.4 Å². The number of hydrogen-bond donors (Lipinski definition) is 3. The van der Waals surface area contributed by atoms with Crippen molar-refractivity contribution < 1.29 is 38.0 Å². The Morgan fingerprint density at radius 1 is 1.03 bits per heavy atom. The molecule has 1 aliphatic rings. The van der Waals surface area contributed by atoms with E-state index in [1.165, 1.54) is 19.6 Å². The van der Waals surface area contributed by atoms with Crippen LogP contribution in [0.4, 0.5) is 13.2 Å². The van der Waals surface area contributed by atoms with E-state index in [9.17, 15) is 28.5 Å². The Balaban J connectivity index is 1.50. The summed E-state index contributed by atoms with van der Waals surface area (Å²) < 4.78 is 54.4.